The van der Waals surface area contributed by atoms with Gasteiger partial charge in [-0.05, 0) is 63.6 Å². The van der Waals surface area contributed by atoms with Gasteiger partial charge in [-0.3, -0.25) is 4.79 Å². The van der Waals surface area contributed by atoms with E-state index in [9.17, 15) is 4.79 Å². The minimum absolute atomic E-state index is 0.0389. The molecule has 0 saturated heterocycles. The molecule has 28 heavy (non-hydrogen) atoms. The maximum Gasteiger partial charge on any atom is 0.257 e. The summed E-state index contributed by atoms with van der Waals surface area (Å²) in [6.45, 7) is 2.72. The highest BCUT2D eigenvalue weighted by molar-refractivity contribution is 7.09. The summed E-state index contributed by atoms with van der Waals surface area (Å²) in [6.07, 6.45) is 7.42. The second kappa shape index (κ2) is 8.78. The normalized spacial score (nSPS) is 13.5. The van der Waals surface area contributed by atoms with Crippen molar-refractivity contribution in [3.8, 4) is 5.75 Å². The summed E-state index contributed by atoms with van der Waals surface area (Å²) in [5, 5.41) is 7.30. The van der Waals surface area contributed by atoms with Crippen LogP contribution in [0.15, 0.2) is 28.0 Å². The van der Waals surface area contributed by atoms with E-state index in [1.54, 1.807) is 11.3 Å². The zero-order valence-electron chi connectivity index (χ0n) is 16.3. The smallest absolute Gasteiger partial charge is 0.257 e. The molecule has 0 saturated carbocycles. The molecule has 5 nitrogen and oxygen atoms in total. The Morgan fingerprint density at radius 1 is 1.29 bits per heavy atom. The van der Waals surface area contributed by atoms with Crippen molar-refractivity contribution < 1.29 is 13.9 Å². The average molecular weight is 399 g/mol. The average Bonchev–Trinajstić information content (AvgIpc) is 3.29. The van der Waals surface area contributed by atoms with Gasteiger partial charge in [0.05, 0.1) is 5.01 Å². The summed E-state index contributed by atoms with van der Waals surface area (Å²) >= 11 is 1.70. The molecule has 6 heteroatoms. The number of ether oxygens (including phenoxy) is 1. The van der Waals surface area contributed by atoms with Gasteiger partial charge in [0, 0.05) is 35.0 Å². The predicted molar refractivity (Wildman–Crippen MR) is 111 cm³/mol. The highest BCUT2D eigenvalue weighted by Crippen LogP contribution is 2.33. The molecule has 1 N–H and O–H groups in total. The molecule has 1 aromatic carbocycles. The number of rotatable bonds is 8. The number of thiazole rings is 1. The molecule has 4 rings (SSSR count). The molecule has 2 aromatic heterocycles. The first-order valence-corrected chi connectivity index (χ1v) is 10.9. The van der Waals surface area contributed by atoms with Crippen LogP contribution in [0.5, 0.6) is 5.75 Å². The summed E-state index contributed by atoms with van der Waals surface area (Å²) in [7, 11) is 0. The molecule has 1 amide bonds. The van der Waals surface area contributed by atoms with Crippen molar-refractivity contribution in [2.24, 2.45) is 0 Å². The lowest BCUT2D eigenvalue weighted by Crippen LogP contribution is -2.29. The summed E-state index contributed by atoms with van der Waals surface area (Å²) in [5.74, 6) is 1.75. The van der Waals surface area contributed by atoms with E-state index in [4.69, 9.17) is 9.15 Å². The first-order chi connectivity index (χ1) is 13.7. The number of nitrogens with zero attached hydrogens (tertiary/aromatic N) is 1. The Labute approximate surface area is 169 Å². The minimum atomic E-state index is -0.0839. The summed E-state index contributed by atoms with van der Waals surface area (Å²) in [6, 6.07) is 5.83. The molecule has 0 atom stereocenters. The Morgan fingerprint density at radius 3 is 3.04 bits per heavy atom. The first kappa shape index (κ1) is 19.0. The molecule has 0 radical (unpaired) electrons. The molecule has 2 heterocycles. The molecular formula is C22H26N2O3S. The van der Waals surface area contributed by atoms with E-state index in [2.05, 4.69) is 15.7 Å². The first-order valence-electron chi connectivity index (χ1n) is 10.0. The number of furan rings is 1. The molecule has 0 aliphatic heterocycles. The fourth-order valence-electron chi connectivity index (χ4n) is 3.68. The van der Waals surface area contributed by atoms with E-state index in [1.807, 2.05) is 25.1 Å². The van der Waals surface area contributed by atoms with Crippen molar-refractivity contribution in [2.45, 2.75) is 51.9 Å². The lowest BCUT2D eigenvalue weighted by Gasteiger charge is -2.09. The van der Waals surface area contributed by atoms with E-state index < -0.39 is 0 Å². The monoisotopic (exact) mass is 398 g/mol. The fourth-order valence-corrected chi connectivity index (χ4v) is 4.50. The van der Waals surface area contributed by atoms with Gasteiger partial charge in [-0.2, -0.15) is 0 Å². The van der Waals surface area contributed by atoms with Crippen molar-refractivity contribution in [2.75, 3.05) is 13.2 Å². The number of carbonyl (C=O) groups is 1. The van der Waals surface area contributed by atoms with Crippen molar-refractivity contribution in [3.63, 3.8) is 0 Å². The van der Waals surface area contributed by atoms with Crippen LogP contribution in [-0.2, 0) is 24.1 Å². The zero-order valence-corrected chi connectivity index (χ0v) is 17.1. The van der Waals surface area contributed by atoms with Crippen LogP contribution in [0.1, 0.15) is 47.7 Å². The number of aromatic nitrogens is 1. The van der Waals surface area contributed by atoms with Crippen LogP contribution in [0.25, 0.3) is 11.0 Å². The van der Waals surface area contributed by atoms with Crippen molar-refractivity contribution >= 4 is 28.2 Å². The van der Waals surface area contributed by atoms with Gasteiger partial charge in [0.1, 0.15) is 17.1 Å². The highest BCUT2D eigenvalue weighted by atomic mass is 32.1. The van der Waals surface area contributed by atoms with E-state index in [-0.39, 0.29) is 12.5 Å². The van der Waals surface area contributed by atoms with Crippen molar-refractivity contribution in [1.82, 2.24) is 10.3 Å². The fraction of sp³-hybridized carbons (Fsp3) is 0.455. The standard InChI is InChI=1S/C22H26N2O3S/c1-15-14-28-22(24-15)8-4-5-11-23-21(25)13-26-16-9-10-20-18(12-16)17-6-2-3-7-19(17)27-20/h9-10,12,14H,2-8,11,13H2,1H3,(H,23,25). The Morgan fingerprint density at radius 2 is 2.18 bits per heavy atom. The number of nitrogens with one attached hydrogen (secondary N) is 1. The van der Waals surface area contributed by atoms with E-state index in [1.165, 1.54) is 23.4 Å². The summed E-state index contributed by atoms with van der Waals surface area (Å²) in [4.78, 5) is 16.5. The second-order valence-corrected chi connectivity index (χ2v) is 8.29. The Kier molecular flexibility index (Phi) is 5.95. The van der Waals surface area contributed by atoms with E-state index in [0.717, 1.165) is 60.3 Å². The maximum absolute atomic E-state index is 12.0. The van der Waals surface area contributed by atoms with Gasteiger partial charge in [0.15, 0.2) is 6.61 Å². The summed E-state index contributed by atoms with van der Waals surface area (Å²) < 4.78 is 11.6. The Balaban J connectivity index is 1.21. The molecule has 0 fully saturated rings. The number of hydrogen-bond acceptors (Lipinski definition) is 5. The van der Waals surface area contributed by atoms with Gasteiger partial charge in [-0.1, -0.05) is 0 Å². The molecule has 148 valence electrons. The zero-order chi connectivity index (χ0) is 19.3. The van der Waals surface area contributed by atoms with Gasteiger partial charge >= 0.3 is 0 Å². The van der Waals surface area contributed by atoms with Crippen LogP contribution >= 0.6 is 11.3 Å². The van der Waals surface area contributed by atoms with E-state index >= 15 is 0 Å². The maximum atomic E-state index is 12.0. The number of fused-ring (bicyclic) bond motifs is 3. The third-order valence-corrected chi connectivity index (χ3v) is 6.13. The molecule has 0 spiro atoms. The van der Waals surface area contributed by atoms with Gasteiger partial charge in [0.2, 0.25) is 0 Å². The van der Waals surface area contributed by atoms with E-state index in [0.29, 0.717) is 6.54 Å². The molecular weight excluding hydrogens is 372 g/mol. The van der Waals surface area contributed by atoms with Crippen LogP contribution in [0.4, 0.5) is 0 Å². The third kappa shape index (κ3) is 4.55. The molecule has 1 aliphatic rings. The van der Waals surface area contributed by atoms with Gasteiger partial charge in [-0.25, -0.2) is 4.98 Å². The van der Waals surface area contributed by atoms with Crippen molar-refractivity contribution in [3.05, 3.63) is 45.6 Å². The topological polar surface area (TPSA) is 64.4 Å². The van der Waals surface area contributed by atoms with Crippen LogP contribution in [0.3, 0.4) is 0 Å². The predicted octanol–water partition coefficient (Wildman–Crippen LogP) is 4.59. The molecule has 0 unspecified atom stereocenters. The molecule has 1 aliphatic carbocycles. The number of amides is 1. The van der Waals surface area contributed by atoms with Gasteiger partial charge in [-0.15, -0.1) is 11.3 Å². The SMILES string of the molecule is Cc1csc(CCCCNC(=O)COc2ccc3oc4c(c3c2)CCCC4)n1. The second-order valence-electron chi connectivity index (χ2n) is 7.35. The quantitative estimate of drug-likeness (QED) is 0.564. The Bertz CT molecular complexity index is 960. The lowest BCUT2D eigenvalue weighted by atomic mass is 9.96. The number of unbranched alkanes of at least 4 members (excludes halogenated alkanes) is 1. The number of carbonyl (C=O) groups excluding carboxylic acids is 1. The number of aryl methyl sites for hydroxylation is 4. The minimum Gasteiger partial charge on any atom is -0.484 e. The molecule has 3 aromatic rings. The third-order valence-electron chi connectivity index (χ3n) is 5.10. The van der Waals surface area contributed by atoms with Crippen LogP contribution < -0.4 is 10.1 Å². The largest absolute Gasteiger partial charge is 0.484 e. The van der Waals surface area contributed by atoms with Gasteiger partial charge in [0.25, 0.3) is 5.91 Å². The lowest BCUT2D eigenvalue weighted by molar-refractivity contribution is -0.123. The van der Waals surface area contributed by atoms with Crippen LogP contribution in [0, 0.1) is 6.92 Å². The van der Waals surface area contributed by atoms with Gasteiger partial charge < -0.3 is 14.5 Å². The van der Waals surface area contributed by atoms with Crippen LogP contribution in [-0.4, -0.2) is 24.0 Å². The van der Waals surface area contributed by atoms with Crippen molar-refractivity contribution in [1.29, 1.82) is 0 Å². The van der Waals surface area contributed by atoms with Crippen LogP contribution in [0.2, 0.25) is 0 Å². The highest BCUT2D eigenvalue weighted by Gasteiger charge is 2.18. The number of hydrogen-bond donors (Lipinski definition) is 1. The Hall–Kier alpha value is -2.34. The summed E-state index contributed by atoms with van der Waals surface area (Å²) in [5.41, 5.74) is 3.31. The molecule has 0 bridgehead atoms. The number of benzene rings is 1.